The van der Waals surface area contributed by atoms with Crippen LogP contribution in [0.2, 0.25) is 0 Å². The first kappa shape index (κ1) is 11.6. The lowest BCUT2D eigenvalue weighted by Crippen LogP contribution is -2.56. The van der Waals surface area contributed by atoms with E-state index in [0.717, 1.165) is 19.6 Å². The minimum Gasteiger partial charge on any atom is -0.311 e. The highest BCUT2D eigenvalue weighted by Crippen LogP contribution is 2.10. The number of rotatable bonds is 3. The van der Waals surface area contributed by atoms with Crippen LogP contribution >= 0.6 is 0 Å². The Kier molecular flexibility index (Phi) is 5.00. The lowest BCUT2D eigenvalue weighted by atomic mass is 10.1. The molecule has 1 rings (SSSR count). The molecule has 0 saturated carbocycles. The van der Waals surface area contributed by atoms with Crippen molar-refractivity contribution in [1.82, 2.24) is 10.2 Å². The van der Waals surface area contributed by atoms with E-state index >= 15 is 0 Å². The molecular formula is C12H22N2. The van der Waals surface area contributed by atoms with Crippen LogP contribution in [0.3, 0.4) is 0 Å². The van der Waals surface area contributed by atoms with Crippen LogP contribution in [0.5, 0.6) is 0 Å². The molecule has 0 aromatic carbocycles. The Morgan fingerprint density at radius 3 is 2.71 bits per heavy atom. The van der Waals surface area contributed by atoms with E-state index in [0.29, 0.717) is 12.1 Å². The third kappa shape index (κ3) is 3.01. The van der Waals surface area contributed by atoms with Gasteiger partial charge in [0.1, 0.15) is 0 Å². The van der Waals surface area contributed by atoms with E-state index in [-0.39, 0.29) is 0 Å². The highest BCUT2D eigenvalue weighted by atomic mass is 15.2. The zero-order valence-corrected chi connectivity index (χ0v) is 9.64. The van der Waals surface area contributed by atoms with Gasteiger partial charge >= 0.3 is 0 Å². The van der Waals surface area contributed by atoms with Crippen LogP contribution in [0, 0.1) is 11.8 Å². The second-order valence-electron chi connectivity index (χ2n) is 3.93. The molecule has 2 heteroatoms. The first-order valence-electron chi connectivity index (χ1n) is 5.68. The van der Waals surface area contributed by atoms with Crippen LogP contribution in [0.1, 0.15) is 33.6 Å². The van der Waals surface area contributed by atoms with Crippen molar-refractivity contribution in [3.05, 3.63) is 0 Å². The summed E-state index contributed by atoms with van der Waals surface area (Å²) in [4.78, 5) is 2.52. The Labute approximate surface area is 88.1 Å². The second kappa shape index (κ2) is 6.06. The van der Waals surface area contributed by atoms with Gasteiger partial charge < -0.3 is 5.32 Å². The van der Waals surface area contributed by atoms with Crippen LogP contribution in [0.25, 0.3) is 0 Å². The van der Waals surface area contributed by atoms with Gasteiger partial charge in [-0.15, -0.1) is 5.92 Å². The largest absolute Gasteiger partial charge is 0.311 e. The van der Waals surface area contributed by atoms with Crippen LogP contribution in [-0.2, 0) is 0 Å². The van der Waals surface area contributed by atoms with Gasteiger partial charge in [-0.3, -0.25) is 4.90 Å². The predicted molar refractivity (Wildman–Crippen MR) is 61.2 cm³/mol. The molecule has 2 nitrogen and oxygen atoms in total. The molecule has 0 aromatic heterocycles. The van der Waals surface area contributed by atoms with E-state index in [9.17, 15) is 0 Å². The average Bonchev–Trinajstić information content (AvgIpc) is 2.25. The van der Waals surface area contributed by atoms with Gasteiger partial charge in [0.15, 0.2) is 0 Å². The zero-order valence-electron chi connectivity index (χ0n) is 9.64. The Morgan fingerprint density at radius 1 is 1.36 bits per heavy atom. The van der Waals surface area contributed by atoms with E-state index in [1.807, 2.05) is 6.92 Å². The monoisotopic (exact) mass is 194 g/mol. The minimum atomic E-state index is 0.663. The average molecular weight is 194 g/mol. The number of nitrogens with one attached hydrogen (secondary N) is 1. The summed E-state index contributed by atoms with van der Waals surface area (Å²) in [6.07, 6.45) is 2.43. The van der Waals surface area contributed by atoms with Gasteiger partial charge in [0.2, 0.25) is 0 Å². The van der Waals surface area contributed by atoms with Crippen molar-refractivity contribution in [1.29, 1.82) is 0 Å². The first-order valence-corrected chi connectivity index (χ1v) is 5.68. The molecule has 2 unspecified atom stereocenters. The molecule has 1 N–H and O–H groups in total. The van der Waals surface area contributed by atoms with Crippen molar-refractivity contribution in [3.63, 3.8) is 0 Å². The van der Waals surface area contributed by atoms with Crippen molar-refractivity contribution in [2.24, 2.45) is 0 Å². The van der Waals surface area contributed by atoms with Gasteiger partial charge in [0.25, 0.3) is 0 Å². The minimum absolute atomic E-state index is 0.663. The Morgan fingerprint density at radius 2 is 2.14 bits per heavy atom. The van der Waals surface area contributed by atoms with Gasteiger partial charge in [-0.1, -0.05) is 19.8 Å². The first-order chi connectivity index (χ1) is 6.81. The van der Waals surface area contributed by atoms with Crippen LogP contribution in [0.15, 0.2) is 0 Å². The molecule has 0 amide bonds. The number of hydrogen-bond acceptors (Lipinski definition) is 2. The molecule has 2 atom stereocenters. The maximum absolute atomic E-state index is 3.59. The fourth-order valence-electron chi connectivity index (χ4n) is 1.98. The predicted octanol–water partition coefficient (Wildman–Crippen LogP) is 1.47. The fraction of sp³-hybridized carbons (Fsp3) is 0.833. The lowest BCUT2D eigenvalue weighted by molar-refractivity contribution is 0.142. The summed E-state index contributed by atoms with van der Waals surface area (Å²) in [5.74, 6) is 6.16. The van der Waals surface area contributed by atoms with Gasteiger partial charge in [-0.25, -0.2) is 0 Å². The zero-order chi connectivity index (χ0) is 10.4. The summed E-state index contributed by atoms with van der Waals surface area (Å²) in [6, 6.07) is 1.34. The topological polar surface area (TPSA) is 15.3 Å². The van der Waals surface area contributed by atoms with Crippen molar-refractivity contribution < 1.29 is 0 Å². The van der Waals surface area contributed by atoms with Crippen LogP contribution < -0.4 is 5.32 Å². The maximum atomic E-state index is 3.59. The SMILES string of the molecule is CC#CCN1CC(CC)NCC1CC. The molecule has 0 bridgehead atoms. The van der Waals surface area contributed by atoms with Crippen molar-refractivity contribution in [3.8, 4) is 11.8 Å². The molecular weight excluding hydrogens is 172 g/mol. The molecule has 0 aromatic rings. The van der Waals surface area contributed by atoms with Crippen molar-refractivity contribution in [2.45, 2.75) is 45.7 Å². The standard InChI is InChI=1S/C12H22N2/c1-4-7-8-14-10-11(5-2)13-9-12(14)6-3/h11-13H,5-6,8-10H2,1-3H3. The molecule has 0 spiro atoms. The number of piperazine rings is 1. The third-order valence-corrected chi connectivity index (χ3v) is 3.04. The number of nitrogens with zero attached hydrogens (tertiary/aromatic N) is 1. The van der Waals surface area contributed by atoms with E-state index in [4.69, 9.17) is 0 Å². The summed E-state index contributed by atoms with van der Waals surface area (Å²) in [6.45, 7) is 9.64. The van der Waals surface area contributed by atoms with Gasteiger partial charge in [-0.2, -0.15) is 0 Å². The van der Waals surface area contributed by atoms with E-state index in [1.165, 1.54) is 12.8 Å². The van der Waals surface area contributed by atoms with E-state index in [2.05, 4.69) is 35.9 Å². The molecule has 0 radical (unpaired) electrons. The summed E-state index contributed by atoms with van der Waals surface area (Å²) in [7, 11) is 0. The highest BCUT2D eigenvalue weighted by molar-refractivity contribution is 5.00. The third-order valence-electron chi connectivity index (χ3n) is 3.04. The summed E-state index contributed by atoms with van der Waals surface area (Å²) >= 11 is 0. The van der Waals surface area contributed by atoms with Crippen molar-refractivity contribution >= 4 is 0 Å². The molecule has 0 aliphatic carbocycles. The fourth-order valence-corrected chi connectivity index (χ4v) is 1.98. The van der Waals surface area contributed by atoms with Gasteiger partial charge in [0.05, 0.1) is 6.54 Å². The normalized spacial score (nSPS) is 28.2. The summed E-state index contributed by atoms with van der Waals surface area (Å²) < 4.78 is 0. The molecule has 1 aliphatic heterocycles. The Hall–Kier alpha value is -0.520. The smallest absolute Gasteiger partial charge is 0.0604 e. The summed E-state index contributed by atoms with van der Waals surface area (Å²) in [5.41, 5.74) is 0. The molecule has 1 heterocycles. The Bertz CT molecular complexity index is 214. The molecule has 1 saturated heterocycles. The second-order valence-corrected chi connectivity index (χ2v) is 3.93. The summed E-state index contributed by atoms with van der Waals surface area (Å²) in [5, 5.41) is 3.59. The molecule has 14 heavy (non-hydrogen) atoms. The molecule has 80 valence electrons. The highest BCUT2D eigenvalue weighted by Gasteiger charge is 2.24. The Balaban J connectivity index is 2.49. The van der Waals surface area contributed by atoms with Crippen molar-refractivity contribution in [2.75, 3.05) is 19.6 Å². The van der Waals surface area contributed by atoms with E-state index < -0.39 is 0 Å². The molecule has 1 aliphatic rings. The number of hydrogen-bond donors (Lipinski definition) is 1. The maximum Gasteiger partial charge on any atom is 0.0604 e. The van der Waals surface area contributed by atoms with Crippen LogP contribution in [-0.4, -0.2) is 36.6 Å². The van der Waals surface area contributed by atoms with E-state index in [1.54, 1.807) is 0 Å². The molecule has 1 fully saturated rings. The van der Waals surface area contributed by atoms with Gasteiger partial charge in [0, 0.05) is 25.2 Å². The van der Waals surface area contributed by atoms with Crippen LogP contribution in [0.4, 0.5) is 0 Å². The lowest BCUT2D eigenvalue weighted by Gasteiger charge is -2.38. The quantitative estimate of drug-likeness (QED) is 0.685. The van der Waals surface area contributed by atoms with Gasteiger partial charge in [-0.05, 0) is 19.8 Å².